The average Bonchev–Trinajstić information content (AvgIpc) is 3.40. The second-order valence-electron chi connectivity index (χ2n) is 7.63. The first-order valence-electron chi connectivity index (χ1n) is 10.3. The Labute approximate surface area is 180 Å². The Morgan fingerprint density at radius 3 is 2.53 bits per heavy atom. The van der Waals surface area contributed by atoms with Crippen molar-refractivity contribution in [1.29, 1.82) is 0 Å². The maximum Gasteiger partial charge on any atom is 0.233 e. The number of amides is 1. The summed E-state index contributed by atoms with van der Waals surface area (Å²) < 4.78 is 15.4. The fourth-order valence-electron chi connectivity index (χ4n) is 3.70. The molecule has 7 heteroatoms. The predicted molar refractivity (Wildman–Crippen MR) is 117 cm³/mol. The van der Waals surface area contributed by atoms with Crippen LogP contribution in [0.15, 0.2) is 59.8 Å². The highest BCUT2D eigenvalue weighted by Crippen LogP contribution is 2.28. The van der Waals surface area contributed by atoms with Gasteiger partial charge in [0.1, 0.15) is 5.82 Å². The molecule has 5 nitrogen and oxygen atoms in total. The number of halogens is 1. The summed E-state index contributed by atoms with van der Waals surface area (Å²) >= 11 is 1.40. The lowest BCUT2D eigenvalue weighted by molar-refractivity contribution is -0.120. The Morgan fingerprint density at radius 2 is 1.83 bits per heavy atom. The van der Waals surface area contributed by atoms with Gasteiger partial charge in [0.15, 0.2) is 11.0 Å². The first kappa shape index (κ1) is 20.6. The number of hydrogen-bond donors (Lipinski definition) is 1. The lowest BCUT2D eigenvalue weighted by atomic mass is 10.2. The molecule has 4 rings (SSSR count). The van der Waals surface area contributed by atoms with Crippen molar-refractivity contribution in [2.24, 2.45) is 0 Å². The molecule has 1 fully saturated rings. The van der Waals surface area contributed by atoms with Crippen LogP contribution in [-0.2, 0) is 11.3 Å². The highest BCUT2D eigenvalue weighted by Gasteiger charge is 2.24. The van der Waals surface area contributed by atoms with Gasteiger partial charge < -0.3 is 5.32 Å². The number of rotatable bonds is 7. The van der Waals surface area contributed by atoms with Crippen LogP contribution in [0.1, 0.15) is 38.2 Å². The lowest BCUT2D eigenvalue weighted by Gasteiger charge is -2.17. The number of nitrogens with zero attached hydrogens (tertiary/aromatic N) is 3. The van der Waals surface area contributed by atoms with Gasteiger partial charge >= 0.3 is 0 Å². The van der Waals surface area contributed by atoms with Crippen molar-refractivity contribution >= 4 is 17.7 Å². The Balaban J connectivity index is 1.58. The molecule has 0 saturated heterocycles. The Bertz CT molecular complexity index is 984. The molecular weight excluding hydrogens is 399 g/mol. The number of aromatic nitrogens is 3. The van der Waals surface area contributed by atoms with E-state index in [0.29, 0.717) is 17.5 Å². The summed E-state index contributed by atoms with van der Waals surface area (Å²) in [5, 5.41) is 12.3. The van der Waals surface area contributed by atoms with Crippen molar-refractivity contribution in [2.75, 3.05) is 0 Å². The molecule has 30 heavy (non-hydrogen) atoms. The van der Waals surface area contributed by atoms with Crippen LogP contribution in [0.2, 0.25) is 0 Å². The van der Waals surface area contributed by atoms with E-state index in [2.05, 4.69) is 15.5 Å². The number of benzene rings is 2. The van der Waals surface area contributed by atoms with Gasteiger partial charge in [-0.05, 0) is 49.6 Å². The minimum atomic E-state index is -0.292. The van der Waals surface area contributed by atoms with E-state index in [1.54, 1.807) is 12.1 Å². The van der Waals surface area contributed by atoms with Crippen LogP contribution in [0.3, 0.4) is 0 Å². The molecule has 1 atom stereocenters. The number of hydrogen-bond acceptors (Lipinski definition) is 4. The smallest absolute Gasteiger partial charge is 0.233 e. The summed E-state index contributed by atoms with van der Waals surface area (Å²) in [5.74, 6) is 0.397. The normalized spacial score (nSPS) is 15.3. The van der Waals surface area contributed by atoms with E-state index in [0.717, 1.165) is 24.0 Å². The molecular formula is C23H25FN4OS. The molecule has 156 valence electrons. The molecule has 1 aromatic heterocycles. The molecule has 1 amide bonds. The summed E-state index contributed by atoms with van der Waals surface area (Å²) in [6.45, 7) is 2.47. The van der Waals surface area contributed by atoms with Crippen molar-refractivity contribution in [3.63, 3.8) is 0 Å². The molecule has 2 aromatic carbocycles. The van der Waals surface area contributed by atoms with Crippen LogP contribution in [0.4, 0.5) is 4.39 Å². The zero-order chi connectivity index (χ0) is 20.9. The maximum atomic E-state index is 13.4. The predicted octanol–water partition coefficient (Wildman–Crippen LogP) is 4.67. The van der Waals surface area contributed by atoms with E-state index >= 15 is 0 Å². The van der Waals surface area contributed by atoms with E-state index in [-0.39, 0.29) is 23.0 Å². The van der Waals surface area contributed by atoms with Crippen LogP contribution in [0.25, 0.3) is 11.4 Å². The van der Waals surface area contributed by atoms with Crippen LogP contribution >= 0.6 is 11.8 Å². The number of carbonyl (C=O) groups is 1. The maximum absolute atomic E-state index is 13.4. The minimum Gasteiger partial charge on any atom is -0.352 e. The topological polar surface area (TPSA) is 59.8 Å². The van der Waals surface area contributed by atoms with Crippen LogP contribution in [-0.4, -0.2) is 32.0 Å². The third-order valence-electron chi connectivity index (χ3n) is 5.36. The molecule has 3 aromatic rings. The molecule has 1 aliphatic rings. The van der Waals surface area contributed by atoms with Gasteiger partial charge in [0.2, 0.25) is 5.91 Å². The Hall–Kier alpha value is -2.67. The summed E-state index contributed by atoms with van der Waals surface area (Å²) in [7, 11) is 0. The summed E-state index contributed by atoms with van der Waals surface area (Å²) in [6, 6.07) is 16.6. The van der Waals surface area contributed by atoms with Gasteiger partial charge in [-0.2, -0.15) is 0 Å². The second kappa shape index (κ2) is 9.43. The van der Waals surface area contributed by atoms with Gasteiger partial charge in [-0.15, -0.1) is 10.2 Å². The largest absolute Gasteiger partial charge is 0.352 e. The van der Waals surface area contributed by atoms with Crippen molar-refractivity contribution < 1.29 is 9.18 Å². The lowest BCUT2D eigenvalue weighted by Crippen LogP contribution is -2.37. The highest BCUT2D eigenvalue weighted by atomic mass is 32.2. The Morgan fingerprint density at radius 1 is 1.13 bits per heavy atom. The molecule has 0 aliphatic heterocycles. The molecule has 1 aliphatic carbocycles. The quantitative estimate of drug-likeness (QED) is 0.560. The fourth-order valence-corrected chi connectivity index (χ4v) is 4.55. The van der Waals surface area contributed by atoms with Crippen molar-refractivity contribution in [1.82, 2.24) is 20.1 Å². The van der Waals surface area contributed by atoms with E-state index in [9.17, 15) is 9.18 Å². The SMILES string of the molecule is C[C@@H](Sc1nnc(-c2ccc(F)cc2)n1Cc1ccccc1)C(=O)NC1CCCC1. The number of carbonyl (C=O) groups excluding carboxylic acids is 1. The van der Waals surface area contributed by atoms with E-state index in [4.69, 9.17) is 0 Å². The molecule has 1 heterocycles. The van der Waals surface area contributed by atoms with Gasteiger partial charge in [-0.3, -0.25) is 9.36 Å². The van der Waals surface area contributed by atoms with Crippen molar-refractivity contribution in [3.8, 4) is 11.4 Å². The zero-order valence-electron chi connectivity index (χ0n) is 16.9. The van der Waals surface area contributed by atoms with Crippen LogP contribution in [0.5, 0.6) is 0 Å². The second-order valence-corrected chi connectivity index (χ2v) is 8.94. The molecule has 0 spiro atoms. The molecule has 1 N–H and O–H groups in total. The first-order valence-corrected chi connectivity index (χ1v) is 11.2. The van der Waals surface area contributed by atoms with E-state index < -0.39 is 0 Å². The van der Waals surface area contributed by atoms with Gasteiger partial charge in [-0.25, -0.2) is 4.39 Å². The molecule has 0 unspecified atom stereocenters. The molecule has 0 radical (unpaired) electrons. The average molecular weight is 425 g/mol. The van der Waals surface area contributed by atoms with Crippen molar-refractivity contribution in [2.45, 2.75) is 55.6 Å². The summed E-state index contributed by atoms with van der Waals surface area (Å²) in [5.41, 5.74) is 1.89. The molecule has 0 bridgehead atoms. The number of thioether (sulfide) groups is 1. The van der Waals surface area contributed by atoms with Gasteiger partial charge in [0.25, 0.3) is 0 Å². The van der Waals surface area contributed by atoms with E-state index in [1.165, 1.54) is 36.7 Å². The van der Waals surface area contributed by atoms with Crippen LogP contribution < -0.4 is 5.32 Å². The third-order valence-corrected chi connectivity index (χ3v) is 6.44. The third kappa shape index (κ3) is 4.90. The minimum absolute atomic E-state index is 0.0319. The van der Waals surface area contributed by atoms with E-state index in [1.807, 2.05) is 41.8 Å². The number of nitrogens with one attached hydrogen (secondary N) is 1. The summed E-state index contributed by atoms with van der Waals surface area (Å²) in [6.07, 6.45) is 4.47. The van der Waals surface area contributed by atoms with Crippen LogP contribution in [0, 0.1) is 5.82 Å². The standard InChI is InChI=1S/C23H25FN4OS/c1-16(22(29)25-20-9-5-6-10-20)30-23-27-26-21(18-11-13-19(24)14-12-18)28(23)15-17-7-3-2-4-8-17/h2-4,7-8,11-14,16,20H,5-6,9-10,15H2,1H3,(H,25,29)/t16-/m1/s1. The Kier molecular flexibility index (Phi) is 6.47. The van der Waals surface area contributed by atoms with Crippen molar-refractivity contribution in [3.05, 3.63) is 66.0 Å². The van der Waals surface area contributed by atoms with Gasteiger partial charge in [-0.1, -0.05) is 54.9 Å². The molecule has 1 saturated carbocycles. The van der Waals surface area contributed by atoms with Gasteiger partial charge in [0.05, 0.1) is 11.8 Å². The monoisotopic (exact) mass is 424 g/mol. The fraction of sp³-hybridized carbons (Fsp3) is 0.348. The summed E-state index contributed by atoms with van der Waals surface area (Å²) in [4.78, 5) is 12.7. The zero-order valence-corrected chi connectivity index (χ0v) is 17.7. The van der Waals surface area contributed by atoms with Gasteiger partial charge in [0, 0.05) is 11.6 Å². The first-order chi connectivity index (χ1) is 14.6. The highest BCUT2D eigenvalue weighted by molar-refractivity contribution is 8.00.